The van der Waals surface area contributed by atoms with Gasteiger partial charge < -0.3 is 19.5 Å². The van der Waals surface area contributed by atoms with Crippen LogP contribution >= 0.6 is 15.9 Å². The number of ether oxygens (including phenoxy) is 2. The first-order valence-corrected chi connectivity index (χ1v) is 7.98. The van der Waals surface area contributed by atoms with Crippen LogP contribution in [0.15, 0.2) is 16.7 Å². The molecule has 0 aliphatic carbocycles. The van der Waals surface area contributed by atoms with Gasteiger partial charge in [0.05, 0.1) is 16.6 Å². The van der Waals surface area contributed by atoms with E-state index in [9.17, 15) is 9.59 Å². The van der Waals surface area contributed by atoms with Gasteiger partial charge in [-0.15, -0.1) is 0 Å². The molecule has 1 aromatic heterocycles. The van der Waals surface area contributed by atoms with Gasteiger partial charge in [0, 0.05) is 19.2 Å². The molecule has 126 valence electrons. The lowest BCUT2D eigenvalue weighted by Gasteiger charge is -2.24. The summed E-state index contributed by atoms with van der Waals surface area (Å²) in [5.74, 6) is -0.743. The molecule has 0 radical (unpaired) electrons. The molecule has 1 amide bonds. The molecule has 23 heavy (non-hydrogen) atoms. The molecule has 1 aromatic rings. The summed E-state index contributed by atoms with van der Waals surface area (Å²) in [6, 6.07) is 1.44. The van der Waals surface area contributed by atoms with Crippen molar-refractivity contribution in [3.8, 4) is 5.88 Å². The highest BCUT2D eigenvalue weighted by molar-refractivity contribution is 9.10. The van der Waals surface area contributed by atoms with E-state index in [4.69, 9.17) is 14.6 Å². The zero-order valence-electron chi connectivity index (χ0n) is 13.2. The number of hydrogen-bond acceptors (Lipinski definition) is 5. The highest BCUT2D eigenvalue weighted by Crippen LogP contribution is 2.26. The Morgan fingerprint density at radius 1 is 1.43 bits per heavy atom. The quantitative estimate of drug-likeness (QED) is 0.858. The van der Waals surface area contributed by atoms with Crippen LogP contribution in [0.4, 0.5) is 4.79 Å². The minimum atomic E-state index is -1.05. The fourth-order valence-corrected chi connectivity index (χ4v) is 2.55. The number of halogens is 1. The zero-order chi connectivity index (χ0) is 17.2. The number of carboxylic acids is 1. The number of nitrogens with zero attached hydrogens (tertiary/aromatic N) is 2. The second-order valence-corrected chi connectivity index (χ2v) is 7.13. The van der Waals surface area contributed by atoms with E-state index in [2.05, 4.69) is 20.9 Å². The van der Waals surface area contributed by atoms with E-state index in [1.165, 1.54) is 12.3 Å². The van der Waals surface area contributed by atoms with Crippen LogP contribution in [-0.2, 0) is 4.74 Å². The van der Waals surface area contributed by atoms with Gasteiger partial charge in [-0.25, -0.2) is 14.6 Å². The predicted octanol–water partition coefficient (Wildman–Crippen LogP) is 2.93. The first-order valence-electron chi connectivity index (χ1n) is 7.19. The Kier molecular flexibility index (Phi) is 5.13. The Balaban J connectivity index is 1.96. The van der Waals surface area contributed by atoms with Crippen LogP contribution in [0.3, 0.4) is 0 Å². The van der Waals surface area contributed by atoms with Crippen LogP contribution in [0.25, 0.3) is 0 Å². The van der Waals surface area contributed by atoms with Crippen molar-refractivity contribution in [2.45, 2.75) is 38.9 Å². The van der Waals surface area contributed by atoms with E-state index in [0.717, 1.165) is 0 Å². The second-order valence-electron chi connectivity index (χ2n) is 6.27. The monoisotopic (exact) mass is 386 g/mol. The lowest BCUT2D eigenvalue weighted by atomic mass is 10.2. The molecule has 1 saturated heterocycles. The summed E-state index contributed by atoms with van der Waals surface area (Å²) in [6.07, 6.45) is 1.33. The highest BCUT2D eigenvalue weighted by Gasteiger charge is 2.31. The van der Waals surface area contributed by atoms with Crippen molar-refractivity contribution in [2.75, 3.05) is 13.1 Å². The van der Waals surface area contributed by atoms with Crippen LogP contribution in [0, 0.1) is 0 Å². The molecule has 1 atom stereocenters. The summed E-state index contributed by atoms with van der Waals surface area (Å²) in [5.41, 5.74) is -0.459. The van der Waals surface area contributed by atoms with Gasteiger partial charge in [-0.1, -0.05) is 0 Å². The Hall–Kier alpha value is -1.83. The third-order valence-corrected chi connectivity index (χ3v) is 3.70. The molecule has 2 rings (SSSR count). The maximum Gasteiger partial charge on any atom is 0.410 e. The number of likely N-dealkylation sites (tertiary alicyclic amines) is 1. The summed E-state index contributed by atoms with van der Waals surface area (Å²) in [6.45, 7) is 6.41. The number of amides is 1. The highest BCUT2D eigenvalue weighted by atomic mass is 79.9. The molecule has 1 N–H and O–H groups in total. The molecule has 8 heteroatoms. The van der Waals surface area contributed by atoms with E-state index in [0.29, 0.717) is 29.9 Å². The van der Waals surface area contributed by atoms with Crippen molar-refractivity contribution >= 4 is 28.0 Å². The Labute approximate surface area is 142 Å². The van der Waals surface area contributed by atoms with Gasteiger partial charge in [0.15, 0.2) is 0 Å². The third kappa shape index (κ3) is 4.82. The molecule has 0 spiro atoms. The molecule has 1 aliphatic rings. The topological polar surface area (TPSA) is 89.0 Å². The number of rotatable bonds is 3. The van der Waals surface area contributed by atoms with E-state index >= 15 is 0 Å². The summed E-state index contributed by atoms with van der Waals surface area (Å²) in [5, 5.41) is 8.91. The number of pyridine rings is 1. The second kappa shape index (κ2) is 6.74. The maximum absolute atomic E-state index is 12.0. The van der Waals surface area contributed by atoms with Gasteiger partial charge in [-0.2, -0.15) is 0 Å². The average molecular weight is 387 g/mol. The van der Waals surface area contributed by atoms with Gasteiger partial charge in [0.1, 0.15) is 11.7 Å². The molecule has 0 aromatic carbocycles. The van der Waals surface area contributed by atoms with Crippen molar-refractivity contribution in [2.24, 2.45) is 0 Å². The van der Waals surface area contributed by atoms with Gasteiger partial charge in [-0.05, 0) is 42.8 Å². The van der Waals surface area contributed by atoms with Crippen molar-refractivity contribution < 1.29 is 24.2 Å². The first-order chi connectivity index (χ1) is 10.7. The van der Waals surface area contributed by atoms with Crippen LogP contribution in [0.2, 0.25) is 0 Å². The Morgan fingerprint density at radius 2 is 2.13 bits per heavy atom. The lowest BCUT2D eigenvalue weighted by Crippen LogP contribution is -2.36. The molecular weight excluding hydrogens is 368 g/mol. The molecule has 1 aliphatic heterocycles. The number of carboxylic acid groups (broad SMARTS) is 1. The number of carbonyl (C=O) groups is 2. The van der Waals surface area contributed by atoms with E-state index in [1.54, 1.807) is 4.90 Å². The molecule has 7 nitrogen and oxygen atoms in total. The van der Waals surface area contributed by atoms with Crippen molar-refractivity contribution in [3.63, 3.8) is 0 Å². The van der Waals surface area contributed by atoms with Crippen LogP contribution < -0.4 is 4.74 Å². The summed E-state index contributed by atoms with van der Waals surface area (Å²) < 4.78 is 11.5. The number of aromatic carboxylic acids is 1. The molecule has 0 saturated carbocycles. The van der Waals surface area contributed by atoms with Crippen LogP contribution in [0.1, 0.15) is 37.6 Å². The van der Waals surface area contributed by atoms with E-state index < -0.39 is 11.6 Å². The molecule has 0 bridgehead atoms. The summed E-state index contributed by atoms with van der Waals surface area (Å²) in [7, 11) is 0. The lowest BCUT2D eigenvalue weighted by molar-refractivity contribution is 0.0274. The average Bonchev–Trinajstić information content (AvgIpc) is 2.87. The van der Waals surface area contributed by atoms with Crippen molar-refractivity contribution in [1.29, 1.82) is 0 Å². The zero-order valence-corrected chi connectivity index (χ0v) is 14.8. The fraction of sp³-hybridized carbons (Fsp3) is 0.533. The fourth-order valence-electron chi connectivity index (χ4n) is 2.10. The standard InChI is InChI=1S/C15H19BrN2O5/c1-15(2,3)23-14(21)18-5-4-10(8-18)22-12-11(16)6-9(7-17-12)13(19)20/h6-7,10H,4-5,8H2,1-3H3,(H,19,20). The number of aromatic nitrogens is 1. The predicted molar refractivity (Wildman–Crippen MR) is 85.7 cm³/mol. The Morgan fingerprint density at radius 3 is 2.70 bits per heavy atom. The van der Waals surface area contributed by atoms with Crippen molar-refractivity contribution in [1.82, 2.24) is 9.88 Å². The first kappa shape index (κ1) is 17.5. The van der Waals surface area contributed by atoms with Crippen LogP contribution in [0.5, 0.6) is 5.88 Å². The van der Waals surface area contributed by atoms with Gasteiger partial charge in [-0.3, -0.25) is 0 Å². The molecule has 1 fully saturated rings. The summed E-state index contributed by atoms with van der Waals surface area (Å²) in [4.78, 5) is 28.5. The maximum atomic E-state index is 12.0. The summed E-state index contributed by atoms with van der Waals surface area (Å²) >= 11 is 3.25. The third-order valence-electron chi connectivity index (χ3n) is 3.13. The van der Waals surface area contributed by atoms with Crippen molar-refractivity contribution in [3.05, 3.63) is 22.3 Å². The van der Waals surface area contributed by atoms with E-state index in [1.807, 2.05) is 20.8 Å². The van der Waals surface area contributed by atoms with Gasteiger partial charge in [0.25, 0.3) is 0 Å². The molecule has 1 unspecified atom stereocenters. The molecule has 2 heterocycles. The minimum absolute atomic E-state index is 0.0750. The smallest absolute Gasteiger partial charge is 0.410 e. The normalized spacial score (nSPS) is 17.9. The van der Waals surface area contributed by atoms with E-state index in [-0.39, 0.29) is 17.8 Å². The number of carbonyl (C=O) groups excluding carboxylic acids is 1. The number of hydrogen-bond donors (Lipinski definition) is 1. The van der Waals surface area contributed by atoms with Gasteiger partial charge >= 0.3 is 12.1 Å². The van der Waals surface area contributed by atoms with Gasteiger partial charge in [0.2, 0.25) is 5.88 Å². The minimum Gasteiger partial charge on any atom is -0.478 e. The largest absolute Gasteiger partial charge is 0.478 e. The molecular formula is C15H19BrN2O5. The Bertz CT molecular complexity index is 614. The van der Waals surface area contributed by atoms with Crippen LogP contribution in [-0.4, -0.2) is 51.8 Å². The SMILES string of the molecule is CC(C)(C)OC(=O)N1CCC(Oc2ncc(C(=O)O)cc2Br)C1.